The number of aromatic amines is 1. The molecule has 1 aromatic heterocycles. The first-order valence-corrected chi connectivity index (χ1v) is 6.23. The molecular formula is C11H10BrFN4O2. The number of nitrogens with one attached hydrogen (secondary N) is 2. The van der Waals surface area contributed by atoms with Gasteiger partial charge in [0.15, 0.2) is 0 Å². The van der Waals surface area contributed by atoms with Crippen LogP contribution in [0.4, 0.5) is 15.8 Å². The maximum Gasteiger partial charge on any atom is 0.295 e. The predicted molar refractivity (Wildman–Crippen MR) is 71.5 cm³/mol. The quantitative estimate of drug-likeness (QED) is 0.653. The molecular weight excluding hydrogens is 319 g/mol. The van der Waals surface area contributed by atoms with Gasteiger partial charge in [0.05, 0.1) is 15.5 Å². The third kappa shape index (κ3) is 3.28. The normalized spacial score (nSPS) is 10.4. The number of hydrogen-bond acceptors (Lipinski definition) is 4. The number of benzene rings is 1. The molecule has 1 heterocycles. The first-order chi connectivity index (χ1) is 9.08. The van der Waals surface area contributed by atoms with Gasteiger partial charge in [0.1, 0.15) is 17.3 Å². The summed E-state index contributed by atoms with van der Waals surface area (Å²) in [6.45, 7) is 0.451. The van der Waals surface area contributed by atoms with Crippen molar-refractivity contribution in [1.82, 2.24) is 9.97 Å². The maximum atomic E-state index is 13.3. The number of halogens is 2. The number of nitro groups is 1. The molecule has 0 atom stereocenters. The number of hydrogen-bond donors (Lipinski definition) is 2. The lowest BCUT2D eigenvalue weighted by Gasteiger charge is -2.07. The Labute approximate surface area is 116 Å². The molecule has 19 heavy (non-hydrogen) atoms. The Hall–Kier alpha value is -1.96. The van der Waals surface area contributed by atoms with Crippen LogP contribution in [0.25, 0.3) is 0 Å². The fourth-order valence-electron chi connectivity index (χ4n) is 1.58. The average Bonchev–Trinajstić information content (AvgIpc) is 2.86. The number of anilines is 1. The van der Waals surface area contributed by atoms with Crippen LogP contribution in [-0.2, 0) is 6.42 Å². The molecule has 0 fully saturated rings. The van der Waals surface area contributed by atoms with Gasteiger partial charge in [0.25, 0.3) is 5.69 Å². The smallest absolute Gasteiger partial charge is 0.295 e. The van der Waals surface area contributed by atoms with Crippen LogP contribution in [0.1, 0.15) is 5.82 Å². The Morgan fingerprint density at radius 1 is 1.53 bits per heavy atom. The molecule has 0 aliphatic carbocycles. The minimum absolute atomic E-state index is 0.179. The summed E-state index contributed by atoms with van der Waals surface area (Å²) in [4.78, 5) is 17.2. The van der Waals surface area contributed by atoms with Gasteiger partial charge in [0.2, 0.25) is 0 Å². The molecule has 1 aromatic carbocycles. The molecule has 0 aliphatic rings. The second-order valence-electron chi connectivity index (χ2n) is 3.75. The van der Waals surface area contributed by atoms with E-state index in [-0.39, 0.29) is 15.8 Å². The summed E-state index contributed by atoms with van der Waals surface area (Å²) in [5.74, 6) is 0.111. The number of aromatic nitrogens is 2. The fourth-order valence-corrected chi connectivity index (χ4v) is 1.92. The number of rotatable bonds is 5. The zero-order chi connectivity index (χ0) is 13.8. The summed E-state index contributed by atoms with van der Waals surface area (Å²) in [6.07, 6.45) is 3.91. The third-order valence-electron chi connectivity index (χ3n) is 2.47. The van der Waals surface area contributed by atoms with Crippen molar-refractivity contribution in [1.29, 1.82) is 0 Å². The topological polar surface area (TPSA) is 83.8 Å². The Bertz CT molecular complexity index is 589. The van der Waals surface area contributed by atoms with E-state index in [0.29, 0.717) is 13.0 Å². The predicted octanol–water partition coefficient (Wildman–Crippen LogP) is 2.87. The van der Waals surface area contributed by atoms with Crippen LogP contribution in [0.5, 0.6) is 0 Å². The molecule has 2 rings (SSSR count). The highest BCUT2D eigenvalue weighted by Gasteiger charge is 2.17. The Kier molecular flexibility index (Phi) is 4.10. The molecule has 2 aromatic rings. The minimum atomic E-state index is -0.664. The van der Waals surface area contributed by atoms with E-state index in [2.05, 4.69) is 31.2 Å². The number of imidazole rings is 1. The zero-order valence-corrected chi connectivity index (χ0v) is 11.3. The van der Waals surface area contributed by atoms with E-state index in [1.54, 1.807) is 12.4 Å². The lowest BCUT2D eigenvalue weighted by molar-refractivity contribution is -0.384. The first kappa shape index (κ1) is 13.5. The van der Waals surface area contributed by atoms with Crippen LogP contribution < -0.4 is 5.32 Å². The van der Waals surface area contributed by atoms with Gasteiger partial charge in [-0.25, -0.2) is 9.37 Å². The van der Waals surface area contributed by atoms with Gasteiger partial charge in [-0.1, -0.05) is 0 Å². The fraction of sp³-hybridized carbons (Fsp3) is 0.182. The van der Waals surface area contributed by atoms with Crippen LogP contribution in [0, 0.1) is 15.9 Å². The van der Waals surface area contributed by atoms with Gasteiger partial charge in [-0.15, -0.1) is 0 Å². The molecule has 0 unspecified atom stereocenters. The van der Waals surface area contributed by atoms with Gasteiger partial charge in [-0.3, -0.25) is 10.1 Å². The molecule has 0 aliphatic heterocycles. The summed E-state index contributed by atoms with van der Waals surface area (Å²) in [5.41, 5.74) is -0.0232. The molecule has 0 spiro atoms. The number of nitrogens with zero attached hydrogens (tertiary/aromatic N) is 2. The third-order valence-corrected chi connectivity index (χ3v) is 3.08. The highest BCUT2D eigenvalue weighted by atomic mass is 79.9. The zero-order valence-electron chi connectivity index (χ0n) is 9.69. The summed E-state index contributed by atoms with van der Waals surface area (Å²) in [5, 5.41) is 13.7. The van der Waals surface area contributed by atoms with E-state index < -0.39 is 10.7 Å². The number of H-pyrrole nitrogens is 1. The largest absolute Gasteiger partial charge is 0.379 e. The summed E-state index contributed by atoms with van der Waals surface area (Å²) in [6, 6.07) is 2.24. The van der Waals surface area contributed by atoms with Crippen molar-refractivity contribution in [2.24, 2.45) is 0 Å². The van der Waals surface area contributed by atoms with Crippen molar-refractivity contribution < 1.29 is 9.31 Å². The van der Waals surface area contributed by atoms with E-state index in [1.807, 2.05) is 0 Å². The monoisotopic (exact) mass is 328 g/mol. The van der Waals surface area contributed by atoms with Crippen molar-refractivity contribution in [2.75, 3.05) is 11.9 Å². The van der Waals surface area contributed by atoms with E-state index in [4.69, 9.17) is 0 Å². The second kappa shape index (κ2) is 5.79. The Balaban J connectivity index is 2.10. The summed E-state index contributed by atoms with van der Waals surface area (Å²) < 4.78 is 13.5. The van der Waals surface area contributed by atoms with Gasteiger partial charge < -0.3 is 10.3 Å². The van der Waals surface area contributed by atoms with E-state index in [0.717, 1.165) is 11.9 Å². The van der Waals surface area contributed by atoms with Crippen molar-refractivity contribution >= 4 is 27.3 Å². The molecule has 0 bridgehead atoms. The van der Waals surface area contributed by atoms with Gasteiger partial charge in [-0.2, -0.15) is 0 Å². The lowest BCUT2D eigenvalue weighted by Crippen LogP contribution is -2.08. The number of nitro benzene ring substituents is 1. The van der Waals surface area contributed by atoms with Gasteiger partial charge >= 0.3 is 0 Å². The van der Waals surface area contributed by atoms with E-state index >= 15 is 0 Å². The molecule has 6 nitrogen and oxygen atoms in total. The van der Waals surface area contributed by atoms with Crippen LogP contribution >= 0.6 is 15.9 Å². The summed E-state index contributed by atoms with van der Waals surface area (Å²) >= 11 is 3.00. The molecule has 0 radical (unpaired) electrons. The maximum absolute atomic E-state index is 13.3. The van der Waals surface area contributed by atoms with Gasteiger partial charge in [0, 0.05) is 25.4 Å². The summed E-state index contributed by atoms with van der Waals surface area (Å²) in [7, 11) is 0. The van der Waals surface area contributed by atoms with Crippen LogP contribution in [-0.4, -0.2) is 21.4 Å². The molecule has 8 heteroatoms. The van der Waals surface area contributed by atoms with Crippen LogP contribution in [0.2, 0.25) is 0 Å². The lowest BCUT2D eigenvalue weighted by atomic mass is 10.2. The van der Waals surface area contributed by atoms with E-state index in [1.165, 1.54) is 6.07 Å². The van der Waals surface area contributed by atoms with Crippen molar-refractivity contribution in [3.63, 3.8) is 0 Å². The first-order valence-electron chi connectivity index (χ1n) is 5.43. The van der Waals surface area contributed by atoms with Crippen LogP contribution in [0.3, 0.4) is 0 Å². The molecule has 2 N–H and O–H groups in total. The van der Waals surface area contributed by atoms with Gasteiger partial charge in [-0.05, 0) is 22.0 Å². The van der Waals surface area contributed by atoms with Crippen LogP contribution in [0.15, 0.2) is 29.0 Å². The molecule has 0 amide bonds. The van der Waals surface area contributed by atoms with E-state index in [9.17, 15) is 14.5 Å². The molecule has 100 valence electrons. The second-order valence-corrected chi connectivity index (χ2v) is 4.61. The Morgan fingerprint density at radius 2 is 2.32 bits per heavy atom. The Morgan fingerprint density at radius 3 is 2.95 bits per heavy atom. The highest BCUT2D eigenvalue weighted by Crippen LogP contribution is 2.30. The SMILES string of the molecule is O=[N+]([O-])c1cc(F)c(Br)cc1NCCc1ncc[nH]1. The van der Waals surface area contributed by atoms with Crippen molar-refractivity contribution in [3.8, 4) is 0 Å². The highest BCUT2D eigenvalue weighted by molar-refractivity contribution is 9.10. The average molecular weight is 329 g/mol. The minimum Gasteiger partial charge on any atom is -0.379 e. The molecule has 0 saturated carbocycles. The standard InChI is InChI=1S/C11H10BrFN4O2/c12-7-5-9(10(17(18)19)6-8(7)13)14-2-1-11-15-3-4-16-11/h3-6,14H,1-2H2,(H,15,16). The van der Waals surface area contributed by atoms with Crippen molar-refractivity contribution in [3.05, 3.63) is 50.8 Å². The molecule has 0 saturated heterocycles. The van der Waals surface area contributed by atoms with Crippen molar-refractivity contribution in [2.45, 2.75) is 6.42 Å².